The first-order valence-corrected chi connectivity index (χ1v) is 27.8. The van der Waals surface area contributed by atoms with Crippen molar-refractivity contribution < 1.29 is 28.6 Å². The largest absolute Gasteiger partial charge is 0.462 e. The van der Waals surface area contributed by atoms with Gasteiger partial charge in [-0.15, -0.1) is 0 Å². The first kappa shape index (κ1) is 62.1. The Labute approximate surface area is 402 Å². The zero-order valence-electron chi connectivity index (χ0n) is 43.0. The minimum Gasteiger partial charge on any atom is -0.462 e. The Hall–Kier alpha value is -2.89. The molecule has 0 amide bonds. The molecule has 0 saturated heterocycles. The van der Waals surface area contributed by atoms with Gasteiger partial charge in [-0.25, -0.2) is 0 Å². The highest BCUT2D eigenvalue weighted by atomic mass is 16.6. The third kappa shape index (κ3) is 51.9. The van der Waals surface area contributed by atoms with Crippen LogP contribution in [0.4, 0.5) is 0 Å². The predicted octanol–water partition coefficient (Wildman–Crippen LogP) is 18.4. The van der Waals surface area contributed by atoms with E-state index in [2.05, 4.69) is 81.5 Å². The van der Waals surface area contributed by atoms with Gasteiger partial charge in [-0.2, -0.15) is 0 Å². The number of rotatable bonds is 50. The molecule has 0 bridgehead atoms. The summed E-state index contributed by atoms with van der Waals surface area (Å²) in [5.74, 6) is -0.926. The fraction of sp³-hybridized carbons (Fsp3) is 0.780. The van der Waals surface area contributed by atoms with Crippen molar-refractivity contribution in [3.63, 3.8) is 0 Å². The van der Waals surface area contributed by atoms with Crippen LogP contribution in [-0.2, 0) is 28.6 Å². The highest BCUT2D eigenvalue weighted by Crippen LogP contribution is 2.16. The molecule has 0 heterocycles. The lowest BCUT2D eigenvalue weighted by molar-refractivity contribution is -0.167. The Bertz CT molecular complexity index is 1180. The van der Waals surface area contributed by atoms with Crippen LogP contribution in [0, 0.1) is 0 Å². The second-order valence-corrected chi connectivity index (χ2v) is 18.5. The minimum atomic E-state index is -0.795. The lowest BCUT2D eigenvalue weighted by atomic mass is 10.0. The number of hydrogen-bond acceptors (Lipinski definition) is 6. The topological polar surface area (TPSA) is 78.9 Å². The molecule has 0 radical (unpaired) electrons. The molecule has 0 aromatic heterocycles. The van der Waals surface area contributed by atoms with Gasteiger partial charge in [0.15, 0.2) is 6.10 Å². The van der Waals surface area contributed by atoms with Gasteiger partial charge >= 0.3 is 17.9 Å². The Morgan fingerprint density at radius 2 is 0.600 bits per heavy atom. The third-order valence-corrected chi connectivity index (χ3v) is 12.0. The molecule has 0 saturated carbocycles. The summed E-state index contributed by atoms with van der Waals surface area (Å²) in [6, 6.07) is 0. The first-order chi connectivity index (χ1) is 32.0. The number of carbonyl (C=O) groups is 3. The van der Waals surface area contributed by atoms with E-state index in [1.165, 1.54) is 154 Å². The summed E-state index contributed by atoms with van der Waals surface area (Å²) in [5.41, 5.74) is 0. The number of unbranched alkanes of at least 4 members (excludes halogenated alkanes) is 29. The van der Waals surface area contributed by atoms with Crippen molar-refractivity contribution in [1.29, 1.82) is 0 Å². The zero-order valence-corrected chi connectivity index (χ0v) is 43.0. The average molecular weight is 909 g/mol. The molecule has 0 aliphatic heterocycles. The molecule has 0 unspecified atom stereocenters. The summed E-state index contributed by atoms with van der Waals surface area (Å²) < 4.78 is 16.8. The SMILES string of the molecule is CC/C=C\C/C=C\C/C=C\C/C=C\CCCCC(=O)O[C@H](COC(=O)CCCCCCCCC/C=C\CCCCCC)COC(=O)CCCCCCCCCCCCCCCCCCC. The van der Waals surface area contributed by atoms with E-state index in [1.807, 2.05) is 0 Å². The van der Waals surface area contributed by atoms with E-state index in [1.54, 1.807) is 0 Å². The maximum atomic E-state index is 12.8. The number of ether oxygens (including phenoxy) is 3. The van der Waals surface area contributed by atoms with Crippen LogP contribution in [0.1, 0.15) is 278 Å². The fourth-order valence-corrected chi connectivity index (χ4v) is 7.84. The van der Waals surface area contributed by atoms with Gasteiger partial charge in [-0.05, 0) is 83.5 Å². The van der Waals surface area contributed by atoms with Gasteiger partial charge in [0, 0.05) is 19.3 Å². The Kier molecular flexibility index (Phi) is 51.3. The summed E-state index contributed by atoms with van der Waals surface area (Å²) in [5, 5.41) is 0. The zero-order chi connectivity index (χ0) is 47.2. The number of esters is 3. The molecule has 6 heteroatoms. The van der Waals surface area contributed by atoms with E-state index in [4.69, 9.17) is 14.2 Å². The molecule has 0 aliphatic carbocycles. The fourth-order valence-electron chi connectivity index (χ4n) is 7.84. The molecule has 376 valence electrons. The van der Waals surface area contributed by atoms with Crippen molar-refractivity contribution in [3.8, 4) is 0 Å². The molecule has 0 rings (SSSR count). The average Bonchev–Trinajstić information content (AvgIpc) is 3.30. The van der Waals surface area contributed by atoms with Crippen LogP contribution in [0.25, 0.3) is 0 Å². The van der Waals surface area contributed by atoms with Crippen LogP contribution in [-0.4, -0.2) is 37.2 Å². The first-order valence-electron chi connectivity index (χ1n) is 27.8. The van der Waals surface area contributed by atoms with Gasteiger partial charge in [0.25, 0.3) is 0 Å². The van der Waals surface area contributed by atoms with Gasteiger partial charge in [0.05, 0.1) is 0 Å². The maximum absolute atomic E-state index is 12.8. The van der Waals surface area contributed by atoms with Crippen molar-refractivity contribution in [3.05, 3.63) is 60.8 Å². The van der Waals surface area contributed by atoms with Crippen molar-refractivity contribution in [2.24, 2.45) is 0 Å². The molecule has 0 N–H and O–H groups in total. The normalized spacial score (nSPS) is 12.5. The van der Waals surface area contributed by atoms with Gasteiger partial charge in [0.2, 0.25) is 0 Å². The van der Waals surface area contributed by atoms with Gasteiger partial charge in [0.1, 0.15) is 13.2 Å². The summed E-state index contributed by atoms with van der Waals surface area (Å²) in [6.45, 7) is 6.50. The monoisotopic (exact) mass is 909 g/mol. The minimum absolute atomic E-state index is 0.0898. The maximum Gasteiger partial charge on any atom is 0.306 e. The summed E-state index contributed by atoms with van der Waals surface area (Å²) in [6.07, 6.45) is 66.4. The van der Waals surface area contributed by atoms with Crippen molar-refractivity contribution in [1.82, 2.24) is 0 Å². The molecule has 65 heavy (non-hydrogen) atoms. The lowest BCUT2D eigenvalue weighted by Crippen LogP contribution is -2.30. The standard InChI is InChI=1S/C59H104O6/c1-4-7-10-13-16-19-22-25-28-29-32-34-37-40-43-46-49-52-58(61)64-55-56(65-59(62)53-50-47-44-41-38-35-31-27-24-21-18-15-12-9-6-3)54-63-57(60)51-48-45-42-39-36-33-30-26-23-20-17-14-11-8-5-2/h9,12,18,20-21,23,27,31,38,41,56H,4-8,10-11,13-17,19,22,24-26,28-30,32-37,39-40,42-55H2,1-3H3/b12-9-,21-18-,23-20-,31-27-,41-38-/t56-/m1/s1. The summed E-state index contributed by atoms with van der Waals surface area (Å²) >= 11 is 0. The van der Waals surface area contributed by atoms with E-state index >= 15 is 0 Å². The molecule has 0 fully saturated rings. The molecule has 0 spiro atoms. The summed E-state index contributed by atoms with van der Waals surface area (Å²) in [7, 11) is 0. The Morgan fingerprint density at radius 1 is 0.323 bits per heavy atom. The molecule has 0 aromatic rings. The van der Waals surface area contributed by atoms with Crippen molar-refractivity contribution in [2.45, 2.75) is 284 Å². The van der Waals surface area contributed by atoms with Gasteiger partial charge in [-0.1, -0.05) is 236 Å². The highest BCUT2D eigenvalue weighted by molar-refractivity contribution is 5.71. The number of hydrogen-bond donors (Lipinski definition) is 0. The third-order valence-electron chi connectivity index (χ3n) is 12.0. The lowest BCUT2D eigenvalue weighted by Gasteiger charge is -2.18. The van der Waals surface area contributed by atoms with Crippen LogP contribution in [0.3, 0.4) is 0 Å². The molecule has 0 aromatic carbocycles. The predicted molar refractivity (Wildman–Crippen MR) is 279 cm³/mol. The molecule has 0 aliphatic rings. The van der Waals surface area contributed by atoms with E-state index in [0.717, 1.165) is 77.0 Å². The smallest absolute Gasteiger partial charge is 0.306 e. The Balaban J connectivity index is 4.41. The second kappa shape index (κ2) is 53.7. The highest BCUT2D eigenvalue weighted by Gasteiger charge is 2.19. The molecule has 1 atom stereocenters. The summed E-state index contributed by atoms with van der Waals surface area (Å²) in [4.78, 5) is 38.1. The van der Waals surface area contributed by atoms with Crippen LogP contribution in [0.5, 0.6) is 0 Å². The van der Waals surface area contributed by atoms with Crippen LogP contribution >= 0.6 is 0 Å². The second-order valence-electron chi connectivity index (χ2n) is 18.5. The van der Waals surface area contributed by atoms with E-state index in [9.17, 15) is 14.4 Å². The van der Waals surface area contributed by atoms with Gasteiger partial charge in [-0.3, -0.25) is 14.4 Å². The van der Waals surface area contributed by atoms with E-state index < -0.39 is 6.10 Å². The number of allylic oxidation sites excluding steroid dienone is 10. The van der Waals surface area contributed by atoms with E-state index in [-0.39, 0.29) is 37.5 Å². The molecule has 6 nitrogen and oxygen atoms in total. The molecular formula is C59H104O6. The van der Waals surface area contributed by atoms with Crippen LogP contribution < -0.4 is 0 Å². The van der Waals surface area contributed by atoms with Crippen molar-refractivity contribution in [2.75, 3.05) is 13.2 Å². The Morgan fingerprint density at radius 3 is 1.00 bits per heavy atom. The van der Waals surface area contributed by atoms with Gasteiger partial charge < -0.3 is 14.2 Å². The number of carbonyl (C=O) groups excluding carboxylic acids is 3. The van der Waals surface area contributed by atoms with E-state index in [0.29, 0.717) is 19.3 Å². The van der Waals surface area contributed by atoms with Crippen LogP contribution in [0.15, 0.2) is 60.8 Å². The van der Waals surface area contributed by atoms with Crippen molar-refractivity contribution >= 4 is 17.9 Å². The quantitative estimate of drug-likeness (QED) is 0.0262. The molecular weight excluding hydrogens is 805 g/mol. The van der Waals surface area contributed by atoms with Crippen LogP contribution in [0.2, 0.25) is 0 Å².